The van der Waals surface area contributed by atoms with Crippen molar-refractivity contribution in [1.82, 2.24) is 15.0 Å². The molecular formula is C12H21N5O2. The number of hydrogen-bond acceptors (Lipinski definition) is 7. The largest absolute Gasteiger partial charge is 0.460 e. The van der Waals surface area contributed by atoms with Gasteiger partial charge in [0.15, 0.2) is 0 Å². The van der Waals surface area contributed by atoms with Gasteiger partial charge in [0.25, 0.3) is 0 Å². The van der Waals surface area contributed by atoms with Crippen molar-refractivity contribution >= 4 is 11.9 Å². The van der Waals surface area contributed by atoms with E-state index in [0.29, 0.717) is 25.1 Å². The van der Waals surface area contributed by atoms with E-state index >= 15 is 0 Å². The fourth-order valence-electron chi connectivity index (χ4n) is 1.62. The Labute approximate surface area is 113 Å². The number of morpholine rings is 1. The molecule has 1 aliphatic rings. The second-order valence-corrected chi connectivity index (χ2v) is 4.94. The average molecular weight is 267 g/mol. The van der Waals surface area contributed by atoms with E-state index in [-0.39, 0.29) is 18.1 Å². The van der Waals surface area contributed by atoms with Crippen molar-refractivity contribution in [3.63, 3.8) is 0 Å². The third-order valence-electron chi connectivity index (χ3n) is 3.14. The van der Waals surface area contributed by atoms with Gasteiger partial charge in [-0.05, 0) is 12.8 Å². The zero-order valence-electron chi connectivity index (χ0n) is 11.7. The summed E-state index contributed by atoms with van der Waals surface area (Å²) in [7, 11) is 0. The summed E-state index contributed by atoms with van der Waals surface area (Å²) in [5.74, 6) is 1.12. The molecule has 106 valence electrons. The molecule has 0 aliphatic carbocycles. The van der Waals surface area contributed by atoms with Gasteiger partial charge in [-0.25, -0.2) is 0 Å². The number of anilines is 2. The summed E-state index contributed by atoms with van der Waals surface area (Å²) in [5.41, 5.74) is 5.72. The minimum absolute atomic E-state index is 0.0272. The summed E-state index contributed by atoms with van der Waals surface area (Å²) in [4.78, 5) is 14.5. The van der Waals surface area contributed by atoms with E-state index in [2.05, 4.69) is 28.8 Å². The molecule has 2 rings (SSSR count). The lowest BCUT2D eigenvalue weighted by molar-refractivity contribution is 0.121. The van der Waals surface area contributed by atoms with Gasteiger partial charge in [0.1, 0.15) is 6.10 Å². The van der Waals surface area contributed by atoms with E-state index in [1.54, 1.807) is 0 Å². The van der Waals surface area contributed by atoms with Crippen LogP contribution < -0.4 is 15.4 Å². The van der Waals surface area contributed by atoms with E-state index in [0.717, 1.165) is 13.1 Å². The van der Waals surface area contributed by atoms with Crippen LogP contribution in [0.4, 0.5) is 11.9 Å². The van der Waals surface area contributed by atoms with Crippen molar-refractivity contribution in [3.05, 3.63) is 0 Å². The molecule has 7 heteroatoms. The average Bonchev–Trinajstić information content (AvgIpc) is 2.39. The van der Waals surface area contributed by atoms with Crippen LogP contribution >= 0.6 is 0 Å². The SMILES string of the molecule is CC(C)C(C)Oc1nc(N)nc(N2CCOCC2)n1. The van der Waals surface area contributed by atoms with E-state index in [4.69, 9.17) is 15.2 Å². The van der Waals surface area contributed by atoms with Crippen molar-refractivity contribution in [3.8, 4) is 6.01 Å². The number of hydrogen-bond donors (Lipinski definition) is 1. The van der Waals surface area contributed by atoms with Crippen LogP contribution in [0.15, 0.2) is 0 Å². The Hall–Kier alpha value is -1.63. The first kappa shape index (κ1) is 13.8. The van der Waals surface area contributed by atoms with Crippen LogP contribution in [0.25, 0.3) is 0 Å². The van der Waals surface area contributed by atoms with Crippen LogP contribution in [0, 0.1) is 5.92 Å². The van der Waals surface area contributed by atoms with Gasteiger partial charge < -0.3 is 20.1 Å². The Bertz CT molecular complexity index is 421. The van der Waals surface area contributed by atoms with E-state index in [1.165, 1.54) is 0 Å². The summed E-state index contributed by atoms with van der Waals surface area (Å²) in [6.45, 7) is 8.99. The molecule has 0 aromatic carbocycles. The normalized spacial score (nSPS) is 17.6. The third-order valence-corrected chi connectivity index (χ3v) is 3.14. The lowest BCUT2D eigenvalue weighted by atomic mass is 10.1. The van der Waals surface area contributed by atoms with Crippen LogP contribution in [-0.4, -0.2) is 47.4 Å². The summed E-state index contributed by atoms with van der Waals surface area (Å²) in [6, 6.07) is 0.287. The van der Waals surface area contributed by atoms with Gasteiger partial charge in [0.05, 0.1) is 13.2 Å². The zero-order chi connectivity index (χ0) is 13.8. The van der Waals surface area contributed by atoms with Crippen molar-refractivity contribution in [2.75, 3.05) is 36.9 Å². The predicted molar refractivity (Wildman–Crippen MR) is 72.2 cm³/mol. The second kappa shape index (κ2) is 6.01. The number of nitrogens with zero attached hydrogens (tertiary/aromatic N) is 4. The summed E-state index contributed by atoms with van der Waals surface area (Å²) < 4.78 is 11.0. The molecule has 1 saturated heterocycles. The number of rotatable bonds is 4. The quantitative estimate of drug-likeness (QED) is 0.859. The fourth-order valence-corrected chi connectivity index (χ4v) is 1.62. The first-order chi connectivity index (χ1) is 9.06. The molecule has 2 N–H and O–H groups in total. The van der Waals surface area contributed by atoms with Crippen LogP contribution in [-0.2, 0) is 4.74 Å². The van der Waals surface area contributed by atoms with Crippen molar-refractivity contribution < 1.29 is 9.47 Å². The van der Waals surface area contributed by atoms with Gasteiger partial charge in [-0.3, -0.25) is 0 Å². The number of nitrogen functional groups attached to an aromatic ring is 1. The van der Waals surface area contributed by atoms with Gasteiger partial charge in [-0.15, -0.1) is 0 Å². The summed E-state index contributed by atoms with van der Waals surface area (Å²) in [5, 5.41) is 0. The minimum Gasteiger partial charge on any atom is -0.460 e. The number of nitrogens with two attached hydrogens (primary N) is 1. The molecule has 1 aliphatic heterocycles. The second-order valence-electron chi connectivity index (χ2n) is 4.94. The minimum atomic E-state index is 0.0272. The van der Waals surface area contributed by atoms with Crippen LogP contribution in [0.5, 0.6) is 6.01 Å². The Morgan fingerprint density at radius 1 is 1.16 bits per heavy atom. The molecule has 0 spiro atoms. The molecule has 7 nitrogen and oxygen atoms in total. The van der Waals surface area contributed by atoms with Crippen molar-refractivity contribution in [2.45, 2.75) is 26.9 Å². The van der Waals surface area contributed by atoms with Crippen LogP contribution in [0.2, 0.25) is 0 Å². The highest BCUT2D eigenvalue weighted by Gasteiger charge is 2.18. The number of aromatic nitrogens is 3. The Morgan fingerprint density at radius 2 is 1.84 bits per heavy atom. The van der Waals surface area contributed by atoms with E-state index < -0.39 is 0 Å². The van der Waals surface area contributed by atoms with Gasteiger partial charge in [-0.2, -0.15) is 15.0 Å². The molecular weight excluding hydrogens is 246 g/mol. The Morgan fingerprint density at radius 3 is 2.47 bits per heavy atom. The summed E-state index contributed by atoms with van der Waals surface area (Å²) in [6.07, 6.45) is 0.0272. The Kier molecular flexibility index (Phi) is 4.36. The van der Waals surface area contributed by atoms with Gasteiger partial charge in [-0.1, -0.05) is 13.8 Å². The molecule has 0 radical (unpaired) electrons. The van der Waals surface area contributed by atoms with Gasteiger partial charge in [0.2, 0.25) is 11.9 Å². The Balaban J connectivity index is 2.14. The molecule has 0 bridgehead atoms. The summed E-state index contributed by atoms with van der Waals surface area (Å²) >= 11 is 0. The lowest BCUT2D eigenvalue weighted by Gasteiger charge is -2.27. The molecule has 1 unspecified atom stereocenters. The maximum Gasteiger partial charge on any atom is 0.323 e. The predicted octanol–water partition coefficient (Wildman–Crippen LogP) is 0.714. The molecule has 1 fully saturated rings. The smallest absolute Gasteiger partial charge is 0.323 e. The van der Waals surface area contributed by atoms with E-state index in [9.17, 15) is 0 Å². The first-order valence-electron chi connectivity index (χ1n) is 6.57. The maximum absolute atomic E-state index is 5.72. The highest BCUT2D eigenvalue weighted by atomic mass is 16.5. The first-order valence-corrected chi connectivity index (χ1v) is 6.57. The highest BCUT2D eigenvalue weighted by molar-refractivity contribution is 5.36. The fraction of sp³-hybridized carbons (Fsp3) is 0.750. The van der Waals surface area contributed by atoms with Crippen LogP contribution in [0.1, 0.15) is 20.8 Å². The zero-order valence-corrected chi connectivity index (χ0v) is 11.7. The third kappa shape index (κ3) is 3.66. The monoisotopic (exact) mass is 267 g/mol. The molecule has 1 aromatic rings. The maximum atomic E-state index is 5.72. The molecule has 1 atom stereocenters. The van der Waals surface area contributed by atoms with E-state index in [1.807, 2.05) is 11.8 Å². The highest BCUT2D eigenvalue weighted by Crippen LogP contribution is 2.17. The molecule has 0 amide bonds. The van der Waals surface area contributed by atoms with Gasteiger partial charge >= 0.3 is 6.01 Å². The molecule has 0 saturated carbocycles. The standard InChI is InChI=1S/C12H21N5O2/c1-8(2)9(3)19-12-15-10(13)14-11(16-12)17-4-6-18-7-5-17/h8-9H,4-7H2,1-3H3,(H2,13,14,15,16). The molecule has 1 aromatic heterocycles. The number of ether oxygens (including phenoxy) is 2. The van der Waals surface area contributed by atoms with Crippen molar-refractivity contribution in [1.29, 1.82) is 0 Å². The molecule has 2 heterocycles. The lowest BCUT2D eigenvalue weighted by Crippen LogP contribution is -2.37. The van der Waals surface area contributed by atoms with Crippen molar-refractivity contribution in [2.24, 2.45) is 5.92 Å². The van der Waals surface area contributed by atoms with Crippen LogP contribution in [0.3, 0.4) is 0 Å². The van der Waals surface area contributed by atoms with Gasteiger partial charge in [0, 0.05) is 13.1 Å². The molecule has 19 heavy (non-hydrogen) atoms. The topological polar surface area (TPSA) is 86.4 Å².